The number of nitrogens with zero attached hydrogens (tertiary/aromatic N) is 1. The summed E-state index contributed by atoms with van der Waals surface area (Å²) >= 11 is 0. The Morgan fingerprint density at radius 2 is 1.70 bits per heavy atom. The highest BCUT2D eigenvalue weighted by atomic mass is 16.5. The van der Waals surface area contributed by atoms with Gasteiger partial charge in [-0.25, -0.2) is 0 Å². The van der Waals surface area contributed by atoms with Crippen LogP contribution in [0.4, 0.5) is 0 Å². The van der Waals surface area contributed by atoms with Gasteiger partial charge in [-0.3, -0.25) is 4.98 Å². The number of rotatable bonds is 2. The van der Waals surface area contributed by atoms with Gasteiger partial charge in [0.2, 0.25) is 0 Å². The molecule has 0 radical (unpaired) electrons. The first-order chi connectivity index (χ1) is 14.8. The maximum absolute atomic E-state index is 6.47. The number of hydrogen-bond acceptors (Lipinski definition) is 2. The molecule has 2 aromatic carbocycles. The van der Waals surface area contributed by atoms with Crippen molar-refractivity contribution in [2.24, 2.45) is 0 Å². The minimum absolute atomic E-state index is 0.0957. The molecule has 6 rings (SSSR count). The summed E-state index contributed by atoms with van der Waals surface area (Å²) in [5.41, 5.74) is 6.17. The second kappa shape index (κ2) is 7.12. The van der Waals surface area contributed by atoms with Gasteiger partial charge in [0.15, 0.2) is 0 Å². The third kappa shape index (κ3) is 2.81. The van der Waals surface area contributed by atoms with E-state index < -0.39 is 0 Å². The topological polar surface area (TPSA) is 22.1 Å². The van der Waals surface area contributed by atoms with E-state index in [4.69, 9.17) is 9.72 Å². The van der Waals surface area contributed by atoms with Crippen molar-refractivity contribution in [3.05, 3.63) is 83.6 Å². The number of ether oxygens (including phenoxy) is 1. The average molecular weight is 394 g/mol. The van der Waals surface area contributed by atoms with E-state index in [1.807, 2.05) is 0 Å². The molecular weight excluding hydrogens is 366 g/mol. The zero-order valence-corrected chi connectivity index (χ0v) is 17.5. The molecule has 2 unspecified atom stereocenters. The van der Waals surface area contributed by atoms with Gasteiger partial charge in [-0.05, 0) is 54.3 Å². The SMILES string of the molecule is Cc1cc(-c2ncc(C3CCCCC3)c3ccccc23)c2c(c1)C1C=CC=CC1O2. The Balaban J connectivity index is 1.54. The molecule has 0 saturated heterocycles. The maximum Gasteiger partial charge on any atom is 0.133 e. The molecule has 3 aliphatic rings. The summed E-state index contributed by atoms with van der Waals surface area (Å²) in [6, 6.07) is 13.4. The van der Waals surface area contributed by atoms with Crippen LogP contribution in [0.15, 0.2) is 66.9 Å². The van der Waals surface area contributed by atoms with Crippen LogP contribution in [0.3, 0.4) is 0 Å². The molecule has 3 aromatic rings. The first-order valence-corrected chi connectivity index (χ1v) is 11.3. The van der Waals surface area contributed by atoms with Gasteiger partial charge in [0.25, 0.3) is 0 Å². The Labute approximate surface area is 178 Å². The van der Waals surface area contributed by atoms with Gasteiger partial charge in [0.1, 0.15) is 11.9 Å². The van der Waals surface area contributed by atoms with Crippen LogP contribution in [0.25, 0.3) is 22.0 Å². The molecule has 0 N–H and O–H groups in total. The second-order valence-electron chi connectivity index (χ2n) is 9.05. The zero-order valence-electron chi connectivity index (χ0n) is 17.5. The van der Waals surface area contributed by atoms with E-state index in [0.29, 0.717) is 11.8 Å². The first-order valence-electron chi connectivity index (χ1n) is 11.3. The zero-order chi connectivity index (χ0) is 20.1. The molecule has 2 nitrogen and oxygen atoms in total. The average Bonchev–Trinajstić information content (AvgIpc) is 3.17. The monoisotopic (exact) mass is 393 g/mol. The highest BCUT2D eigenvalue weighted by Gasteiger charge is 2.35. The van der Waals surface area contributed by atoms with Crippen molar-refractivity contribution in [1.82, 2.24) is 4.98 Å². The highest BCUT2D eigenvalue weighted by Crippen LogP contribution is 2.48. The van der Waals surface area contributed by atoms with E-state index >= 15 is 0 Å². The first kappa shape index (κ1) is 17.9. The number of aryl methyl sites for hydroxylation is 1. The summed E-state index contributed by atoms with van der Waals surface area (Å²) in [6.45, 7) is 2.18. The van der Waals surface area contributed by atoms with Gasteiger partial charge in [-0.1, -0.05) is 67.8 Å². The normalized spacial score (nSPS) is 22.7. The summed E-state index contributed by atoms with van der Waals surface area (Å²) in [5.74, 6) is 1.95. The van der Waals surface area contributed by atoms with E-state index in [9.17, 15) is 0 Å². The second-order valence-corrected chi connectivity index (χ2v) is 9.05. The fraction of sp³-hybridized carbons (Fsp3) is 0.321. The van der Waals surface area contributed by atoms with Crippen LogP contribution in [0.1, 0.15) is 60.6 Å². The molecule has 150 valence electrons. The number of allylic oxidation sites excluding steroid dienone is 2. The molecule has 1 aromatic heterocycles. The number of pyridine rings is 1. The predicted octanol–water partition coefficient (Wildman–Crippen LogP) is 7.23. The molecule has 2 heteroatoms. The van der Waals surface area contributed by atoms with Crippen molar-refractivity contribution in [1.29, 1.82) is 0 Å². The van der Waals surface area contributed by atoms with Gasteiger partial charge < -0.3 is 4.74 Å². The van der Waals surface area contributed by atoms with Crippen LogP contribution in [-0.4, -0.2) is 11.1 Å². The largest absolute Gasteiger partial charge is 0.484 e. The molecular formula is C28H27NO. The van der Waals surface area contributed by atoms with E-state index in [2.05, 4.69) is 73.8 Å². The predicted molar refractivity (Wildman–Crippen MR) is 123 cm³/mol. The van der Waals surface area contributed by atoms with Crippen LogP contribution < -0.4 is 4.74 Å². The molecule has 0 spiro atoms. The minimum atomic E-state index is 0.0957. The highest BCUT2D eigenvalue weighted by molar-refractivity contribution is 5.98. The van der Waals surface area contributed by atoms with Crippen molar-refractivity contribution in [3.63, 3.8) is 0 Å². The molecule has 0 bridgehead atoms. The van der Waals surface area contributed by atoms with Gasteiger partial charge >= 0.3 is 0 Å². The minimum Gasteiger partial charge on any atom is -0.484 e. The summed E-state index contributed by atoms with van der Waals surface area (Å²) in [7, 11) is 0. The Morgan fingerprint density at radius 3 is 2.57 bits per heavy atom. The smallest absolute Gasteiger partial charge is 0.133 e. The van der Waals surface area contributed by atoms with Crippen LogP contribution in [0.5, 0.6) is 5.75 Å². The molecule has 1 aliphatic heterocycles. The number of benzene rings is 2. The van der Waals surface area contributed by atoms with Crippen molar-refractivity contribution in [2.75, 3.05) is 0 Å². The summed E-state index contributed by atoms with van der Waals surface area (Å²) in [5, 5.41) is 2.61. The molecule has 0 amide bonds. The Bertz CT molecular complexity index is 1180. The van der Waals surface area contributed by atoms with Crippen LogP contribution in [-0.2, 0) is 0 Å². The van der Waals surface area contributed by atoms with E-state index in [-0.39, 0.29) is 6.10 Å². The van der Waals surface area contributed by atoms with E-state index in [0.717, 1.165) is 17.0 Å². The number of fused-ring (bicyclic) bond motifs is 4. The lowest BCUT2D eigenvalue weighted by Gasteiger charge is -2.24. The van der Waals surface area contributed by atoms with E-state index in [1.165, 1.54) is 59.6 Å². The Hall–Kier alpha value is -2.87. The van der Waals surface area contributed by atoms with Crippen molar-refractivity contribution in [2.45, 2.75) is 57.0 Å². The van der Waals surface area contributed by atoms with Crippen LogP contribution in [0.2, 0.25) is 0 Å². The lowest BCUT2D eigenvalue weighted by Crippen LogP contribution is -2.15. The summed E-state index contributed by atoms with van der Waals surface area (Å²) in [6.07, 6.45) is 17.5. The van der Waals surface area contributed by atoms with Gasteiger partial charge in [0.05, 0.1) is 5.69 Å². The van der Waals surface area contributed by atoms with Gasteiger partial charge in [0, 0.05) is 28.6 Å². The van der Waals surface area contributed by atoms with Crippen LogP contribution in [0, 0.1) is 6.92 Å². The van der Waals surface area contributed by atoms with E-state index in [1.54, 1.807) is 0 Å². The quantitative estimate of drug-likeness (QED) is 0.458. The molecule has 2 aliphatic carbocycles. The van der Waals surface area contributed by atoms with Crippen molar-refractivity contribution < 1.29 is 4.74 Å². The van der Waals surface area contributed by atoms with Crippen molar-refractivity contribution >= 4 is 10.8 Å². The third-order valence-electron chi connectivity index (χ3n) is 7.09. The van der Waals surface area contributed by atoms with Crippen LogP contribution >= 0.6 is 0 Å². The standard InChI is InChI=1S/C28H27NO/c1-18-15-23-21-12-7-8-14-26(21)30-28(23)24(16-18)27-22-13-6-5-11-20(22)25(17-29-27)19-9-3-2-4-10-19/h5-8,11-17,19,21,26H,2-4,9-10H2,1H3. The number of aromatic nitrogens is 1. The number of hydrogen-bond donors (Lipinski definition) is 0. The molecule has 30 heavy (non-hydrogen) atoms. The molecule has 2 atom stereocenters. The molecule has 1 saturated carbocycles. The molecule has 2 heterocycles. The maximum atomic E-state index is 6.47. The fourth-order valence-corrected chi connectivity index (χ4v) is 5.64. The van der Waals surface area contributed by atoms with Crippen molar-refractivity contribution in [3.8, 4) is 17.0 Å². The lowest BCUT2D eigenvalue weighted by molar-refractivity contribution is 0.270. The van der Waals surface area contributed by atoms with Gasteiger partial charge in [-0.15, -0.1) is 0 Å². The fourth-order valence-electron chi connectivity index (χ4n) is 5.64. The summed E-state index contributed by atoms with van der Waals surface area (Å²) in [4.78, 5) is 5.07. The third-order valence-corrected chi connectivity index (χ3v) is 7.09. The van der Waals surface area contributed by atoms with Gasteiger partial charge in [-0.2, -0.15) is 0 Å². The Kier molecular flexibility index (Phi) is 4.26. The molecule has 1 fully saturated rings. The lowest BCUT2D eigenvalue weighted by atomic mass is 9.82. The Morgan fingerprint density at radius 1 is 0.900 bits per heavy atom. The summed E-state index contributed by atoms with van der Waals surface area (Å²) < 4.78 is 6.47.